The maximum Gasteiger partial charge on any atom is 0.326 e. The summed E-state index contributed by atoms with van der Waals surface area (Å²) in [6, 6.07) is -12.0. The Labute approximate surface area is 485 Å². The number of hydrogen-bond donors (Lipinski definition) is 18. The number of thiol groups is 1. The normalized spacial score (nSPS) is 16.2. The highest BCUT2D eigenvalue weighted by atomic mass is 32.1. The zero-order valence-electron chi connectivity index (χ0n) is 48.2. The van der Waals surface area contributed by atoms with Gasteiger partial charge in [0.05, 0.1) is 6.04 Å². The maximum absolute atomic E-state index is 14.2. The number of unbranched alkanes of at least 4 members (excludes halogenated alkanes) is 1. The molecular formula is C50H94N20O11S. The van der Waals surface area contributed by atoms with Gasteiger partial charge in [-0.3, -0.25) is 58.1 Å². The van der Waals surface area contributed by atoms with Crippen LogP contribution in [-0.4, -0.2) is 186 Å². The topological polar surface area (TPSA) is 536 Å². The lowest BCUT2D eigenvalue weighted by atomic mass is 9.99. The molecule has 1 saturated heterocycles. The van der Waals surface area contributed by atoms with E-state index in [1.807, 2.05) is 27.7 Å². The number of rotatable bonds is 39. The number of likely N-dealkylation sites (tertiary alicyclic amines) is 1. The number of carbonyl (C=O) groups excluding carboxylic acids is 9. The second-order valence-corrected chi connectivity index (χ2v) is 21.4. The molecule has 0 spiro atoms. The molecule has 1 heterocycles. The van der Waals surface area contributed by atoms with Crippen LogP contribution in [0.2, 0.25) is 0 Å². The molecule has 1 rings (SSSR count). The molecule has 0 aromatic carbocycles. The molecule has 1 aliphatic rings. The SMILES string of the molecule is CC(C)C[C@H](NC(=O)[C@H](CC(C)C)NC(=O)[C@@H](N)CCCN=C(N)N)C(=O)N[C@@H](CCCCN)C(=O)N[C@@H](CCCN=C(N)N)C(=O)N[C@@H](C)C(=O)N[C@@H](C)C(=O)N[C@@H](CS)C(=O)N1CCC[C@H]1C(=O)N[C@@H](CCCN=C(N)N)C(=O)O. The van der Waals surface area contributed by atoms with E-state index in [1.165, 1.54) is 18.7 Å². The summed E-state index contributed by atoms with van der Waals surface area (Å²) in [5.41, 5.74) is 44.3. The zero-order chi connectivity index (χ0) is 62.2. The summed E-state index contributed by atoms with van der Waals surface area (Å²) in [7, 11) is 0. The molecule has 32 heteroatoms. The predicted molar refractivity (Wildman–Crippen MR) is 313 cm³/mol. The first kappa shape index (κ1) is 72.8. The number of carboxylic acid groups (broad SMARTS) is 1. The quantitative estimate of drug-likeness (QED) is 0.0118. The van der Waals surface area contributed by atoms with E-state index in [-0.39, 0.29) is 126 Å². The monoisotopic (exact) mass is 1180 g/mol. The van der Waals surface area contributed by atoms with Crippen LogP contribution in [0, 0.1) is 11.8 Å². The Bertz CT molecular complexity index is 2210. The van der Waals surface area contributed by atoms with Crippen molar-refractivity contribution in [1.29, 1.82) is 0 Å². The molecule has 10 atom stereocenters. The molecule has 0 radical (unpaired) electrons. The summed E-state index contributed by atoms with van der Waals surface area (Å²) < 4.78 is 0. The Balaban J connectivity index is 3.25. The van der Waals surface area contributed by atoms with Crippen LogP contribution in [0.1, 0.15) is 125 Å². The van der Waals surface area contributed by atoms with Crippen LogP contribution < -0.4 is 88.4 Å². The van der Waals surface area contributed by atoms with E-state index in [0.29, 0.717) is 25.7 Å². The van der Waals surface area contributed by atoms with Gasteiger partial charge in [0.2, 0.25) is 53.2 Å². The lowest BCUT2D eigenvalue weighted by molar-refractivity contribution is -0.145. The maximum atomic E-state index is 14.2. The minimum atomic E-state index is -1.33. The van der Waals surface area contributed by atoms with Crippen molar-refractivity contribution in [3.8, 4) is 0 Å². The van der Waals surface area contributed by atoms with Gasteiger partial charge < -0.3 is 98.4 Å². The number of nitrogens with one attached hydrogen (secondary N) is 8. The number of nitrogens with two attached hydrogens (primary N) is 8. The van der Waals surface area contributed by atoms with Gasteiger partial charge in [-0.05, 0) is 116 Å². The van der Waals surface area contributed by atoms with Crippen molar-refractivity contribution in [2.45, 2.75) is 185 Å². The molecule has 0 aromatic heterocycles. The van der Waals surface area contributed by atoms with E-state index < -0.39 is 120 Å². The summed E-state index contributed by atoms with van der Waals surface area (Å²) in [5, 5.41) is 30.6. The van der Waals surface area contributed by atoms with Crippen molar-refractivity contribution in [2.24, 2.45) is 72.7 Å². The lowest BCUT2D eigenvalue weighted by Gasteiger charge is -2.29. The molecule has 9 amide bonds. The van der Waals surface area contributed by atoms with Crippen LogP contribution in [0.4, 0.5) is 0 Å². The second-order valence-electron chi connectivity index (χ2n) is 21.0. The predicted octanol–water partition coefficient (Wildman–Crippen LogP) is -5.38. The first-order valence-corrected chi connectivity index (χ1v) is 28.3. The number of aliphatic imine (C=N–C) groups is 3. The second kappa shape index (κ2) is 38.5. The number of nitrogens with zero attached hydrogens (tertiary/aromatic N) is 4. The van der Waals surface area contributed by atoms with Gasteiger partial charge in [0, 0.05) is 31.9 Å². The highest BCUT2D eigenvalue weighted by Gasteiger charge is 2.39. The fourth-order valence-corrected chi connectivity index (χ4v) is 8.73. The van der Waals surface area contributed by atoms with Crippen molar-refractivity contribution in [3.63, 3.8) is 0 Å². The van der Waals surface area contributed by atoms with Crippen molar-refractivity contribution >= 4 is 89.6 Å². The molecule has 82 heavy (non-hydrogen) atoms. The van der Waals surface area contributed by atoms with E-state index in [0.717, 1.165) is 0 Å². The van der Waals surface area contributed by atoms with Crippen LogP contribution in [0.3, 0.4) is 0 Å². The summed E-state index contributed by atoms with van der Waals surface area (Å²) >= 11 is 4.25. The van der Waals surface area contributed by atoms with E-state index in [9.17, 15) is 53.1 Å². The largest absolute Gasteiger partial charge is 0.480 e. The Kier molecular flexibility index (Phi) is 34.2. The average molecular weight is 1180 g/mol. The summed E-state index contributed by atoms with van der Waals surface area (Å²) in [6.45, 7) is 10.9. The third-order valence-electron chi connectivity index (χ3n) is 12.8. The molecule has 1 aliphatic heterocycles. The lowest BCUT2D eigenvalue weighted by Crippen LogP contribution is -2.60. The summed E-state index contributed by atoms with van der Waals surface area (Å²) in [5.74, 6) is -8.78. The standard InChI is InChI=1S/C50H94N20O11S/c1-26(2)23-34(67-40(73)30(52)13-9-19-59-48(53)54)44(77)68-35(24-27(3)4)43(76)65-31(14-7-8-18-51)42(75)64-32(15-10-20-60-49(55)56)41(74)63-28(5)38(71)62-29(6)39(72)69-36(25-82)46(79)70-22-12-17-37(70)45(78)66-33(47(80)81)16-11-21-61-50(57)58/h26-37,82H,7-25,51-52H2,1-6H3,(H,62,71)(H,63,74)(H,64,75)(H,65,76)(H,66,78)(H,67,73)(H,68,77)(H,69,72)(H,80,81)(H4,53,54,59)(H4,55,56,60)(H4,57,58,61)/t28-,29-,30-,31-,32-,33-,34-,35-,36-,37-/m0/s1. The minimum absolute atomic E-state index is 0.00850. The Morgan fingerprint density at radius 1 is 0.512 bits per heavy atom. The molecule has 0 saturated carbocycles. The van der Waals surface area contributed by atoms with Crippen LogP contribution in [0.5, 0.6) is 0 Å². The highest BCUT2D eigenvalue weighted by Crippen LogP contribution is 2.20. The van der Waals surface area contributed by atoms with E-state index in [1.54, 1.807) is 0 Å². The van der Waals surface area contributed by atoms with Gasteiger partial charge >= 0.3 is 5.97 Å². The molecule has 31 nitrogen and oxygen atoms in total. The first-order chi connectivity index (χ1) is 38.5. The van der Waals surface area contributed by atoms with E-state index in [4.69, 9.17) is 45.9 Å². The van der Waals surface area contributed by atoms with Crippen molar-refractivity contribution in [1.82, 2.24) is 47.4 Å². The average Bonchev–Trinajstić information content (AvgIpc) is 3.90. The smallest absolute Gasteiger partial charge is 0.326 e. The van der Waals surface area contributed by atoms with Crippen LogP contribution in [0.15, 0.2) is 15.0 Å². The Hall–Kier alpha value is -7.22. The molecule has 0 aliphatic carbocycles. The van der Waals surface area contributed by atoms with Crippen molar-refractivity contribution in [2.75, 3.05) is 38.5 Å². The molecule has 1 fully saturated rings. The molecule has 0 unspecified atom stereocenters. The van der Waals surface area contributed by atoms with Crippen LogP contribution in [0.25, 0.3) is 0 Å². The Morgan fingerprint density at radius 3 is 1.35 bits per heavy atom. The number of carbonyl (C=O) groups is 10. The van der Waals surface area contributed by atoms with Gasteiger partial charge in [-0.25, -0.2) is 4.79 Å². The molecule has 0 aromatic rings. The highest BCUT2D eigenvalue weighted by molar-refractivity contribution is 7.80. The third-order valence-corrected chi connectivity index (χ3v) is 13.2. The van der Waals surface area contributed by atoms with Crippen molar-refractivity contribution in [3.05, 3.63) is 0 Å². The number of guanidine groups is 3. The fourth-order valence-electron chi connectivity index (χ4n) is 8.48. The minimum Gasteiger partial charge on any atom is -0.480 e. The molecular weight excluding hydrogens is 1090 g/mol. The fraction of sp³-hybridized carbons (Fsp3) is 0.740. The summed E-state index contributed by atoms with van der Waals surface area (Å²) in [4.78, 5) is 148. The Morgan fingerprint density at radius 2 is 0.902 bits per heavy atom. The van der Waals surface area contributed by atoms with Gasteiger partial charge in [-0.2, -0.15) is 12.6 Å². The van der Waals surface area contributed by atoms with Gasteiger partial charge in [-0.1, -0.05) is 27.7 Å². The van der Waals surface area contributed by atoms with Gasteiger partial charge in [0.15, 0.2) is 17.9 Å². The van der Waals surface area contributed by atoms with Crippen LogP contribution in [-0.2, 0) is 47.9 Å². The number of amides is 9. The zero-order valence-corrected chi connectivity index (χ0v) is 49.1. The van der Waals surface area contributed by atoms with E-state index in [2.05, 4.69) is 70.1 Å². The number of carboxylic acids is 1. The molecule has 466 valence electrons. The van der Waals surface area contributed by atoms with Gasteiger partial charge in [-0.15, -0.1) is 0 Å². The van der Waals surface area contributed by atoms with Gasteiger partial charge in [0.25, 0.3) is 0 Å². The first-order valence-electron chi connectivity index (χ1n) is 27.7. The van der Waals surface area contributed by atoms with Gasteiger partial charge in [0.1, 0.15) is 54.4 Å². The van der Waals surface area contributed by atoms with E-state index >= 15 is 0 Å². The summed E-state index contributed by atoms with van der Waals surface area (Å²) in [6.07, 6.45) is 2.86. The molecule has 25 N–H and O–H groups in total. The van der Waals surface area contributed by atoms with Crippen LogP contribution >= 0.6 is 12.6 Å². The van der Waals surface area contributed by atoms with Crippen molar-refractivity contribution < 1.29 is 53.1 Å². The number of hydrogen-bond acceptors (Lipinski definition) is 16. The number of aliphatic carboxylic acids is 1. The molecule has 0 bridgehead atoms. The third kappa shape index (κ3) is 28.5.